The number of carbonyl (C=O) groups is 1. The summed E-state index contributed by atoms with van der Waals surface area (Å²) in [5.41, 5.74) is 1.50. The van der Waals surface area contributed by atoms with Crippen LogP contribution in [0.5, 0.6) is 0 Å². The molecule has 0 spiro atoms. The Bertz CT molecular complexity index is 905. The summed E-state index contributed by atoms with van der Waals surface area (Å²) in [6.45, 7) is 2.70. The molecule has 7 nitrogen and oxygen atoms in total. The number of carbonyl (C=O) groups excluding carboxylic acids is 1. The Labute approximate surface area is 161 Å². The summed E-state index contributed by atoms with van der Waals surface area (Å²) in [7, 11) is 0. The molecule has 0 saturated carbocycles. The maximum absolute atomic E-state index is 12.6. The molecule has 0 atom stereocenters. The van der Waals surface area contributed by atoms with Crippen molar-refractivity contribution >= 4 is 23.5 Å². The molecule has 1 aliphatic rings. The lowest BCUT2D eigenvalue weighted by molar-refractivity contribution is -0.130. The van der Waals surface area contributed by atoms with Crippen LogP contribution in [0.3, 0.4) is 0 Å². The fourth-order valence-corrected chi connectivity index (χ4v) is 3.15. The molecule has 3 aromatic rings. The predicted octanol–water partition coefficient (Wildman–Crippen LogP) is 2.68. The minimum atomic E-state index is 0.0413. The van der Waals surface area contributed by atoms with Crippen molar-refractivity contribution in [2.75, 3.05) is 31.1 Å². The molecule has 4 rings (SSSR count). The number of benzene rings is 1. The molecule has 1 saturated heterocycles. The third kappa shape index (κ3) is 4.09. The molecule has 0 N–H and O–H groups in total. The predicted molar refractivity (Wildman–Crippen MR) is 101 cm³/mol. The number of hydrogen-bond acceptors (Lipinski definition) is 6. The number of piperazine rings is 1. The first-order valence-corrected chi connectivity index (χ1v) is 9.08. The standard InChI is InChI=1S/C19H18ClN5O2/c20-15-4-2-14(3-5-15)17-12-16(23-27-17)13-18(26)24-8-10-25(11-9-24)19-21-6-1-7-22-19/h1-7,12H,8-11,13H2. The number of hydrogen-bond donors (Lipinski definition) is 0. The Balaban J connectivity index is 1.34. The van der Waals surface area contributed by atoms with Crippen LogP contribution in [0.2, 0.25) is 5.02 Å². The topological polar surface area (TPSA) is 75.4 Å². The second kappa shape index (κ2) is 7.75. The van der Waals surface area contributed by atoms with Crippen molar-refractivity contribution < 1.29 is 9.32 Å². The summed E-state index contributed by atoms with van der Waals surface area (Å²) in [5, 5.41) is 4.69. The number of rotatable bonds is 4. The van der Waals surface area contributed by atoms with E-state index in [0.29, 0.717) is 48.6 Å². The molecular weight excluding hydrogens is 366 g/mol. The first kappa shape index (κ1) is 17.5. The Morgan fingerprint density at radius 3 is 2.48 bits per heavy atom. The number of amides is 1. The highest BCUT2D eigenvalue weighted by Crippen LogP contribution is 2.22. The van der Waals surface area contributed by atoms with E-state index in [2.05, 4.69) is 20.0 Å². The fourth-order valence-electron chi connectivity index (χ4n) is 3.02. The van der Waals surface area contributed by atoms with Gasteiger partial charge in [0.25, 0.3) is 0 Å². The summed E-state index contributed by atoms with van der Waals surface area (Å²) in [6, 6.07) is 10.9. The first-order chi connectivity index (χ1) is 13.2. The summed E-state index contributed by atoms with van der Waals surface area (Å²) < 4.78 is 5.37. The summed E-state index contributed by atoms with van der Waals surface area (Å²) in [5.74, 6) is 1.37. The Kier molecular flexibility index (Phi) is 5.02. The largest absolute Gasteiger partial charge is 0.356 e. The van der Waals surface area contributed by atoms with Gasteiger partial charge in [-0.15, -0.1) is 0 Å². The van der Waals surface area contributed by atoms with E-state index < -0.39 is 0 Å². The lowest BCUT2D eigenvalue weighted by atomic mass is 10.1. The van der Waals surface area contributed by atoms with E-state index in [1.165, 1.54) is 0 Å². The van der Waals surface area contributed by atoms with E-state index in [1.54, 1.807) is 36.7 Å². The van der Waals surface area contributed by atoms with Crippen LogP contribution in [-0.2, 0) is 11.2 Å². The Morgan fingerprint density at radius 2 is 1.78 bits per heavy atom. The SMILES string of the molecule is O=C(Cc1cc(-c2ccc(Cl)cc2)on1)N1CCN(c2ncccn2)CC1. The van der Waals surface area contributed by atoms with Crippen LogP contribution in [-0.4, -0.2) is 52.1 Å². The normalized spacial score (nSPS) is 14.4. The highest BCUT2D eigenvalue weighted by Gasteiger charge is 2.23. The van der Waals surface area contributed by atoms with Gasteiger partial charge in [0.15, 0.2) is 5.76 Å². The van der Waals surface area contributed by atoms with Gasteiger partial charge >= 0.3 is 0 Å². The van der Waals surface area contributed by atoms with Gasteiger partial charge in [0.2, 0.25) is 11.9 Å². The average molecular weight is 384 g/mol. The molecule has 0 unspecified atom stereocenters. The van der Waals surface area contributed by atoms with E-state index in [-0.39, 0.29) is 12.3 Å². The van der Waals surface area contributed by atoms with Crippen LogP contribution in [0.4, 0.5) is 5.95 Å². The van der Waals surface area contributed by atoms with Crippen LogP contribution in [0, 0.1) is 0 Å². The lowest BCUT2D eigenvalue weighted by Crippen LogP contribution is -2.49. The zero-order valence-corrected chi connectivity index (χ0v) is 15.3. The number of anilines is 1. The quantitative estimate of drug-likeness (QED) is 0.689. The van der Waals surface area contributed by atoms with Crippen LogP contribution in [0.15, 0.2) is 53.3 Å². The number of halogens is 1. The van der Waals surface area contributed by atoms with E-state index in [9.17, 15) is 4.79 Å². The van der Waals surface area contributed by atoms with Gasteiger partial charge in [0.1, 0.15) is 0 Å². The summed E-state index contributed by atoms with van der Waals surface area (Å²) >= 11 is 5.90. The molecule has 2 aromatic heterocycles. The van der Waals surface area contributed by atoms with Gasteiger partial charge in [0.05, 0.1) is 12.1 Å². The van der Waals surface area contributed by atoms with Gasteiger partial charge in [-0.3, -0.25) is 4.79 Å². The van der Waals surface area contributed by atoms with Crippen molar-refractivity contribution in [3.63, 3.8) is 0 Å². The van der Waals surface area contributed by atoms with Crippen molar-refractivity contribution in [2.45, 2.75) is 6.42 Å². The molecular formula is C19H18ClN5O2. The molecule has 0 aliphatic carbocycles. The van der Waals surface area contributed by atoms with E-state index >= 15 is 0 Å². The molecule has 3 heterocycles. The van der Waals surface area contributed by atoms with Crippen LogP contribution < -0.4 is 4.90 Å². The molecule has 138 valence electrons. The number of aromatic nitrogens is 3. The smallest absolute Gasteiger partial charge is 0.228 e. The average Bonchev–Trinajstić information content (AvgIpc) is 3.18. The van der Waals surface area contributed by atoms with Crippen LogP contribution in [0.1, 0.15) is 5.69 Å². The van der Waals surface area contributed by atoms with Gasteiger partial charge < -0.3 is 14.3 Å². The molecule has 1 aromatic carbocycles. The van der Waals surface area contributed by atoms with Gasteiger partial charge in [-0.1, -0.05) is 16.8 Å². The lowest BCUT2D eigenvalue weighted by Gasteiger charge is -2.34. The van der Waals surface area contributed by atoms with E-state index in [0.717, 1.165) is 5.56 Å². The molecule has 1 amide bonds. The second-order valence-corrected chi connectivity index (χ2v) is 6.72. The van der Waals surface area contributed by atoms with Crippen molar-refractivity contribution in [3.05, 3.63) is 59.5 Å². The maximum atomic E-state index is 12.6. The van der Waals surface area contributed by atoms with Gasteiger partial charge in [-0.2, -0.15) is 0 Å². The zero-order chi connectivity index (χ0) is 18.6. The second-order valence-electron chi connectivity index (χ2n) is 6.28. The minimum Gasteiger partial charge on any atom is -0.356 e. The Morgan fingerprint density at radius 1 is 1.07 bits per heavy atom. The molecule has 27 heavy (non-hydrogen) atoms. The van der Waals surface area contributed by atoms with Crippen molar-refractivity contribution in [3.8, 4) is 11.3 Å². The first-order valence-electron chi connectivity index (χ1n) is 8.70. The van der Waals surface area contributed by atoms with Crippen molar-refractivity contribution in [1.29, 1.82) is 0 Å². The minimum absolute atomic E-state index is 0.0413. The van der Waals surface area contributed by atoms with Gasteiger partial charge in [-0.05, 0) is 30.3 Å². The maximum Gasteiger partial charge on any atom is 0.228 e. The highest BCUT2D eigenvalue weighted by atomic mass is 35.5. The summed E-state index contributed by atoms with van der Waals surface area (Å²) in [4.78, 5) is 25.0. The van der Waals surface area contributed by atoms with Crippen LogP contribution in [0.25, 0.3) is 11.3 Å². The van der Waals surface area contributed by atoms with Crippen molar-refractivity contribution in [1.82, 2.24) is 20.0 Å². The molecule has 8 heteroatoms. The zero-order valence-electron chi connectivity index (χ0n) is 14.6. The van der Waals surface area contributed by atoms with E-state index in [4.69, 9.17) is 16.1 Å². The Hall–Kier alpha value is -2.93. The molecule has 0 bridgehead atoms. The van der Waals surface area contributed by atoms with Gasteiger partial charge in [-0.25, -0.2) is 9.97 Å². The number of nitrogens with zero attached hydrogens (tertiary/aromatic N) is 5. The monoisotopic (exact) mass is 383 g/mol. The van der Waals surface area contributed by atoms with E-state index in [1.807, 2.05) is 17.0 Å². The third-order valence-corrected chi connectivity index (χ3v) is 4.74. The van der Waals surface area contributed by atoms with Gasteiger partial charge in [0, 0.05) is 55.2 Å². The molecule has 1 aliphatic heterocycles. The fraction of sp³-hybridized carbons (Fsp3) is 0.263. The molecule has 1 fully saturated rings. The molecule has 0 radical (unpaired) electrons. The van der Waals surface area contributed by atoms with Crippen molar-refractivity contribution in [2.24, 2.45) is 0 Å². The van der Waals surface area contributed by atoms with Crippen LogP contribution >= 0.6 is 11.6 Å². The highest BCUT2D eigenvalue weighted by molar-refractivity contribution is 6.30. The summed E-state index contributed by atoms with van der Waals surface area (Å²) in [6.07, 6.45) is 3.67. The third-order valence-electron chi connectivity index (χ3n) is 4.49.